The number of allylic oxidation sites excluding steroid dienone is 2. The number of methoxy groups -OCH3 is 1. The van der Waals surface area contributed by atoms with Crippen LogP contribution in [0.15, 0.2) is 101 Å². The van der Waals surface area contributed by atoms with Crippen LogP contribution in [-0.4, -0.2) is 20.2 Å². The van der Waals surface area contributed by atoms with E-state index in [-0.39, 0.29) is 16.9 Å². The molecule has 0 N–H and O–H groups in total. The van der Waals surface area contributed by atoms with Crippen molar-refractivity contribution >= 4 is 23.9 Å². The molecule has 0 saturated carbocycles. The van der Waals surface area contributed by atoms with Crippen molar-refractivity contribution in [2.24, 2.45) is 0 Å². The maximum atomic E-state index is 10.1. The second-order valence-corrected chi connectivity index (χ2v) is 11.3. The molecule has 1 atom stereocenters. The third-order valence-electron chi connectivity index (χ3n) is 8.18. The van der Waals surface area contributed by atoms with E-state index in [9.17, 15) is 15.8 Å². The van der Waals surface area contributed by atoms with Gasteiger partial charge in [0.1, 0.15) is 29.5 Å². The maximum absolute atomic E-state index is 10.1. The summed E-state index contributed by atoms with van der Waals surface area (Å²) in [6.07, 6.45) is 12.5. The summed E-state index contributed by atoms with van der Waals surface area (Å²) < 4.78 is 12.0. The van der Waals surface area contributed by atoms with Crippen molar-refractivity contribution in [3.63, 3.8) is 0 Å². The lowest BCUT2D eigenvalue weighted by Gasteiger charge is -2.27. The molecule has 4 rings (SSSR count). The average Bonchev–Trinajstić information content (AvgIpc) is 3.39. The molecule has 46 heavy (non-hydrogen) atoms. The summed E-state index contributed by atoms with van der Waals surface area (Å²) in [5.74, 6) is 0.856. The Hall–Kier alpha value is -5.51. The lowest BCUT2D eigenvalue weighted by atomic mass is 9.86. The highest BCUT2D eigenvalue weighted by Crippen LogP contribution is 2.47. The van der Waals surface area contributed by atoms with Crippen molar-refractivity contribution in [3.8, 4) is 24.0 Å². The van der Waals surface area contributed by atoms with Gasteiger partial charge in [0.05, 0.1) is 7.11 Å². The normalized spacial score (nSPS) is 15.8. The van der Waals surface area contributed by atoms with E-state index < -0.39 is 5.60 Å². The number of hydrogen-bond acceptors (Lipinski definition) is 6. The van der Waals surface area contributed by atoms with Crippen LogP contribution in [0.4, 0.5) is 5.69 Å². The van der Waals surface area contributed by atoms with Gasteiger partial charge in [-0.05, 0) is 48.6 Å². The van der Waals surface area contributed by atoms with E-state index in [2.05, 4.69) is 55.2 Å². The molecule has 0 fully saturated rings. The van der Waals surface area contributed by atoms with Crippen molar-refractivity contribution < 1.29 is 9.47 Å². The molecule has 1 heterocycles. The fourth-order valence-electron chi connectivity index (χ4n) is 5.48. The van der Waals surface area contributed by atoms with Crippen LogP contribution < -0.4 is 9.64 Å². The van der Waals surface area contributed by atoms with Gasteiger partial charge in [0.15, 0.2) is 16.9 Å². The van der Waals surface area contributed by atoms with E-state index in [1.54, 1.807) is 7.11 Å². The fourth-order valence-corrected chi connectivity index (χ4v) is 5.48. The van der Waals surface area contributed by atoms with E-state index in [1.807, 2.05) is 85.8 Å². The van der Waals surface area contributed by atoms with Crippen molar-refractivity contribution in [2.45, 2.75) is 52.1 Å². The molecular formula is C40H40N4O2. The zero-order valence-corrected chi connectivity index (χ0v) is 27.1. The zero-order valence-electron chi connectivity index (χ0n) is 27.1. The highest BCUT2D eigenvalue weighted by atomic mass is 16.5. The Morgan fingerprint density at radius 3 is 1.98 bits per heavy atom. The van der Waals surface area contributed by atoms with Gasteiger partial charge < -0.3 is 14.4 Å². The van der Waals surface area contributed by atoms with E-state index in [4.69, 9.17) is 9.47 Å². The first-order valence-electron chi connectivity index (χ1n) is 15.8. The molecule has 0 bridgehead atoms. The molecule has 1 aliphatic rings. The molecular weight excluding hydrogens is 568 g/mol. The third kappa shape index (κ3) is 7.58. The summed E-state index contributed by atoms with van der Waals surface area (Å²) in [5, 5.41) is 29.1. The SMILES string of the molecule is CCCCN(CCCC)c1ccc(/C=C/c2ccc(/C=C/C3=C(C#N)C(=C(C#N)C#N)OC3(C)c3ccccc3)cc2)c(OC)c1. The molecule has 0 amide bonds. The van der Waals surface area contributed by atoms with E-state index >= 15 is 0 Å². The Labute approximate surface area is 273 Å². The van der Waals surface area contributed by atoms with Crippen LogP contribution in [0.3, 0.4) is 0 Å². The number of rotatable bonds is 13. The molecule has 6 heteroatoms. The van der Waals surface area contributed by atoms with Crippen molar-refractivity contribution in [1.82, 2.24) is 0 Å². The van der Waals surface area contributed by atoms with Crippen LogP contribution in [0.5, 0.6) is 5.75 Å². The van der Waals surface area contributed by atoms with Crippen molar-refractivity contribution in [1.29, 1.82) is 15.8 Å². The minimum atomic E-state index is -1.04. The highest BCUT2D eigenvalue weighted by Gasteiger charge is 2.43. The predicted octanol–water partition coefficient (Wildman–Crippen LogP) is 9.35. The lowest BCUT2D eigenvalue weighted by molar-refractivity contribution is 0.0755. The van der Waals surface area contributed by atoms with Crippen LogP contribution in [0.25, 0.3) is 18.2 Å². The molecule has 0 radical (unpaired) electrons. The number of hydrogen-bond donors (Lipinski definition) is 0. The number of anilines is 1. The quantitative estimate of drug-likeness (QED) is 0.142. The summed E-state index contributed by atoms with van der Waals surface area (Å²) in [6, 6.07) is 29.9. The van der Waals surface area contributed by atoms with Crippen LogP contribution in [0.2, 0.25) is 0 Å². The van der Waals surface area contributed by atoms with Gasteiger partial charge >= 0.3 is 0 Å². The van der Waals surface area contributed by atoms with Crippen molar-refractivity contribution in [3.05, 3.63) is 124 Å². The van der Waals surface area contributed by atoms with Gasteiger partial charge in [0.25, 0.3) is 0 Å². The summed E-state index contributed by atoms with van der Waals surface area (Å²) in [7, 11) is 1.71. The Balaban J connectivity index is 1.58. The number of nitrogens with zero attached hydrogens (tertiary/aromatic N) is 4. The number of ether oxygens (including phenoxy) is 2. The molecule has 6 nitrogen and oxygen atoms in total. The Kier molecular flexibility index (Phi) is 11.6. The van der Waals surface area contributed by atoms with Gasteiger partial charge in [0, 0.05) is 36.0 Å². The molecule has 0 saturated heterocycles. The molecule has 0 aromatic heterocycles. The molecule has 3 aromatic carbocycles. The first kappa shape index (κ1) is 33.4. The topological polar surface area (TPSA) is 93.1 Å². The molecule has 0 aliphatic carbocycles. The zero-order chi connectivity index (χ0) is 32.9. The van der Waals surface area contributed by atoms with E-state index in [0.717, 1.165) is 53.9 Å². The minimum Gasteiger partial charge on any atom is -0.496 e. The molecule has 3 aromatic rings. The summed E-state index contributed by atoms with van der Waals surface area (Å²) in [6.45, 7) is 8.38. The van der Waals surface area contributed by atoms with Gasteiger partial charge in [0.2, 0.25) is 0 Å². The van der Waals surface area contributed by atoms with Crippen LogP contribution in [0, 0.1) is 34.0 Å². The molecule has 1 aliphatic heterocycles. The van der Waals surface area contributed by atoms with Crippen LogP contribution >= 0.6 is 0 Å². The highest BCUT2D eigenvalue weighted by molar-refractivity contribution is 5.75. The number of benzene rings is 3. The first-order valence-corrected chi connectivity index (χ1v) is 15.8. The predicted molar refractivity (Wildman–Crippen MR) is 185 cm³/mol. The average molecular weight is 609 g/mol. The second kappa shape index (κ2) is 16.0. The summed E-state index contributed by atoms with van der Waals surface area (Å²) >= 11 is 0. The van der Waals surface area contributed by atoms with Crippen LogP contribution in [0.1, 0.15) is 68.7 Å². The van der Waals surface area contributed by atoms with Gasteiger partial charge in [-0.2, -0.15) is 15.8 Å². The first-order chi connectivity index (χ1) is 22.4. The van der Waals surface area contributed by atoms with Gasteiger partial charge in [-0.3, -0.25) is 0 Å². The number of unbranched alkanes of at least 4 members (excludes halogenated alkanes) is 2. The third-order valence-corrected chi connectivity index (χ3v) is 8.18. The standard InChI is InChI=1S/C40H40N4O2/c1-5-7-24-44(25-8-6-2)35-22-21-32(38(26-35)45-4)20-18-30-14-16-31(17-15-30)19-23-37-36(29-43)39(33(27-41)28-42)46-40(37,3)34-12-10-9-11-13-34/h9-23,26H,5-8,24-25H2,1-4H3/b20-18+,23-19+. The van der Waals surface area contributed by atoms with Gasteiger partial charge in [-0.1, -0.05) is 106 Å². The van der Waals surface area contributed by atoms with E-state index in [1.165, 1.54) is 18.5 Å². The molecule has 232 valence electrons. The smallest absolute Gasteiger partial charge is 0.172 e. The Bertz CT molecular complexity index is 1740. The van der Waals surface area contributed by atoms with Crippen LogP contribution in [-0.2, 0) is 10.3 Å². The fraction of sp³-hybridized carbons (Fsp3) is 0.275. The number of nitriles is 3. The lowest BCUT2D eigenvalue weighted by Crippen LogP contribution is -2.25. The van der Waals surface area contributed by atoms with Crippen molar-refractivity contribution in [2.75, 3.05) is 25.1 Å². The molecule has 0 spiro atoms. The Morgan fingerprint density at radius 1 is 0.826 bits per heavy atom. The van der Waals surface area contributed by atoms with Gasteiger partial charge in [-0.25, -0.2) is 0 Å². The summed E-state index contributed by atoms with van der Waals surface area (Å²) in [5.41, 5.74) is 4.47. The minimum absolute atomic E-state index is 0.0112. The van der Waals surface area contributed by atoms with Gasteiger partial charge in [-0.15, -0.1) is 0 Å². The maximum Gasteiger partial charge on any atom is 0.172 e. The molecule has 1 unspecified atom stereocenters. The Morgan fingerprint density at radius 2 is 1.43 bits per heavy atom. The second-order valence-electron chi connectivity index (χ2n) is 11.3. The largest absolute Gasteiger partial charge is 0.496 e. The monoisotopic (exact) mass is 608 g/mol. The van der Waals surface area contributed by atoms with E-state index in [0.29, 0.717) is 5.57 Å². The summed E-state index contributed by atoms with van der Waals surface area (Å²) in [4.78, 5) is 2.45.